The zero-order valence-electron chi connectivity index (χ0n) is 8.93. The van der Waals surface area contributed by atoms with Gasteiger partial charge in [-0.2, -0.15) is 0 Å². The average molecular weight is 224 g/mol. The van der Waals surface area contributed by atoms with Crippen molar-refractivity contribution in [3.63, 3.8) is 0 Å². The Morgan fingerprint density at radius 2 is 2.20 bits per heavy atom. The largest absolute Gasteiger partial charge is 0.370 e. The SMILES string of the molecule is CS(=O)C1CCN(c2cccnc2)CC1. The van der Waals surface area contributed by atoms with Gasteiger partial charge in [0.15, 0.2) is 0 Å². The van der Waals surface area contributed by atoms with Crippen LogP contribution in [0.1, 0.15) is 12.8 Å². The van der Waals surface area contributed by atoms with Gasteiger partial charge in [0, 0.05) is 41.6 Å². The quantitative estimate of drug-likeness (QED) is 0.762. The Kier molecular flexibility index (Phi) is 3.36. The van der Waals surface area contributed by atoms with Crippen LogP contribution < -0.4 is 4.90 Å². The maximum Gasteiger partial charge on any atom is 0.0552 e. The molecule has 1 unspecified atom stereocenters. The van der Waals surface area contributed by atoms with Crippen LogP contribution in [0.25, 0.3) is 0 Å². The number of hydrogen-bond acceptors (Lipinski definition) is 3. The smallest absolute Gasteiger partial charge is 0.0552 e. The average Bonchev–Trinajstić information content (AvgIpc) is 2.30. The van der Waals surface area contributed by atoms with Gasteiger partial charge >= 0.3 is 0 Å². The summed E-state index contributed by atoms with van der Waals surface area (Å²) in [6, 6.07) is 4.04. The van der Waals surface area contributed by atoms with Gasteiger partial charge in [0.05, 0.1) is 11.9 Å². The first-order valence-corrected chi connectivity index (χ1v) is 6.86. The zero-order valence-corrected chi connectivity index (χ0v) is 9.74. The highest BCUT2D eigenvalue weighted by molar-refractivity contribution is 7.84. The molecule has 82 valence electrons. The Labute approximate surface area is 93.0 Å². The second-order valence-electron chi connectivity index (χ2n) is 3.90. The van der Waals surface area contributed by atoms with Gasteiger partial charge in [-0.25, -0.2) is 0 Å². The predicted octanol–water partition coefficient (Wildman–Crippen LogP) is 1.43. The molecule has 4 heteroatoms. The van der Waals surface area contributed by atoms with Gasteiger partial charge in [-0.3, -0.25) is 9.19 Å². The number of aromatic nitrogens is 1. The first-order chi connectivity index (χ1) is 7.27. The van der Waals surface area contributed by atoms with Gasteiger partial charge in [0.2, 0.25) is 0 Å². The molecule has 1 saturated heterocycles. The maximum atomic E-state index is 11.3. The summed E-state index contributed by atoms with van der Waals surface area (Å²) in [6.45, 7) is 1.99. The summed E-state index contributed by atoms with van der Waals surface area (Å²) in [6.07, 6.45) is 7.54. The minimum absolute atomic E-state index is 0.387. The van der Waals surface area contributed by atoms with Crippen molar-refractivity contribution in [2.24, 2.45) is 0 Å². The van der Waals surface area contributed by atoms with E-state index in [1.807, 2.05) is 18.5 Å². The van der Waals surface area contributed by atoms with E-state index in [0.29, 0.717) is 5.25 Å². The fraction of sp³-hybridized carbons (Fsp3) is 0.545. The van der Waals surface area contributed by atoms with E-state index in [1.54, 1.807) is 6.20 Å². The van der Waals surface area contributed by atoms with Crippen molar-refractivity contribution in [2.45, 2.75) is 18.1 Å². The van der Waals surface area contributed by atoms with Gasteiger partial charge in [-0.15, -0.1) is 0 Å². The van der Waals surface area contributed by atoms with Gasteiger partial charge in [-0.1, -0.05) is 0 Å². The van der Waals surface area contributed by atoms with Crippen molar-refractivity contribution in [3.8, 4) is 0 Å². The molecule has 0 aromatic carbocycles. The molecule has 1 fully saturated rings. The second-order valence-corrected chi connectivity index (χ2v) is 5.56. The van der Waals surface area contributed by atoms with Crippen LogP contribution in [0, 0.1) is 0 Å². The van der Waals surface area contributed by atoms with Crippen LogP contribution in [0.5, 0.6) is 0 Å². The van der Waals surface area contributed by atoms with E-state index in [0.717, 1.165) is 25.9 Å². The lowest BCUT2D eigenvalue weighted by atomic mass is 10.1. The van der Waals surface area contributed by atoms with E-state index in [9.17, 15) is 4.21 Å². The van der Waals surface area contributed by atoms with Crippen LogP contribution in [-0.2, 0) is 10.8 Å². The number of pyridine rings is 1. The second kappa shape index (κ2) is 4.75. The predicted molar refractivity (Wildman–Crippen MR) is 63.5 cm³/mol. The highest BCUT2D eigenvalue weighted by Gasteiger charge is 2.21. The molecule has 2 heterocycles. The fourth-order valence-electron chi connectivity index (χ4n) is 1.99. The molecular formula is C11H16N2OS. The maximum absolute atomic E-state index is 11.3. The Morgan fingerprint density at radius 3 is 2.73 bits per heavy atom. The van der Waals surface area contributed by atoms with Crippen LogP contribution in [0.4, 0.5) is 5.69 Å². The van der Waals surface area contributed by atoms with Crippen LogP contribution in [0.2, 0.25) is 0 Å². The van der Waals surface area contributed by atoms with E-state index in [-0.39, 0.29) is 0 Å². The van der Waals surface area contributed by atoms with Crippen molar-refractivity contribution in [1.82, 2.24) is 4.98 Å². The number of piperidine rings is 1. The highest BCUT2D eigenvalue weighted by Crippen LogP contribution is 2.20. The summed E-state index contributed by atoms with van der Waals surface area (Å²) in [5.41, 5.74) is 1.18. The lowest BCUT2D eigenvalue weighted by Gasteiger charge is -2.32. The number of nitrogens with zero attached hydrogens (tertiary/aromatic N) is 2. The van der Waals surface area contributed by atoms with Crippen molar-refractivity contribution in [2.75, 3.05) is 24.2 Å². The summed E-state index contributed by atoms with van der Waals surface area (Å²) in [5.74, 6) is 0. The van der Waals surface area contributed by atoms with Gasteiger partial charge < -0.3 is 4.90 Å². The Hall–Kier alpha value is -0.900. The van der Waals surface area contributed by atoms with Gasteiger partial charge in [0.25, 0.3) is 0 Å². The highest BCUT2D eigenvalue weighted by atomic mass is 32.2. The van der Waals surface area contributed by atoms with E-state index in [2.05, 4.69) is 16.0 Å². The standard InChI is InChI=1S/C11H16N2OS/c1-15(14)11-4-7-13(8-5-11)10-3-2-6-12-9-10/h2-3,6,9,11H,4-5,7-8H2,1H3. The number of rotatable bonds is 2. The molecule has 2 rings (SSSR count). The van der Waals surface area contributed by atoms with E-state index in [4.69, 9.17) is 0 Å². The number of anilines is 1. The molecule has 0 spiro atoms. The zero-order chi connectivity index (χ0) is 10.7. The molecule has 0 saturated carbocycles. The summed E-state index contributed by atoms with van der Waals surface area (Å²) >= 11 is 0. The molecule has 0 bridgehead atoms. The Balaban J connectivity index is 1.97. The third-order valence-corrected chi connectivity index (χ3v) is 4.33. The summed E-state index contributed by atoms with van der Waals surface area (Å²) in [5, 5.41) is 0.387. The normalized spacial score (nSPS) is 20.2. The summed E-state index contributed by atoms with van der Waals surface area (Å²) in [4.78, 5) is 6.43. The van der Waals surface area contributed by atoms with Crippen molar-refractivity contribution in [1.29, 1.82) is 0 Å². The monoisotopic (exact) mass is 224 g/mol. The Morgan fingerprint density at radius 1 is 1.47 bits per heavy atom. The van der Waals surface area contributed by atoms with E-state index >= 15 is 0 Å². The van der Waals surface area contributed by atoms with Crippen molar-refractivity contribution in [3.05, 3.63) is 24.5 Å². The topological polar surface area (TPSA) is 33.2 Å². The molecule has 15 heavy (non-hydrogen) atoms. The number of hydrogen-bond donors (Lipinski definition) is 0. The van der Waals surface area contributed by atoms with Crippen LogP contribution in [0.3, 0.4) is 0 Å². The van der Waals surface area contributed by atoms with Crippen molar-refractivity contribution >= 4 is 16.5 Å². The molecule has 1 aromatic rings. The van der Waals surface area contributed by atoms with E-state index in [1.165, 1.54) is 5.69 Å². The first-order valence-electron chi connectivity index (χ1n) is 5.24. The Bertz CT molecular complexity index is 334. The third-order valence-electron chi connectivity index (χ3n) is 2.92. The van der Waals surface area contributed by atoms with Crippen molar-refractivity contribution < 1.29 is 4.21 Å². The van der Waals surface area contributed by atoms with Gasteiger partial charge in [-0.05, 0) is 25.0 Å². The van der Waals surface area contributed by atoms with Crippen LogP contribution >= 0.6 is 0 Å². The lowest BCUT2D eigenvalue weighted by Crippen LogP contribution is -2.37. The molecule has 1 atom stereocenters. The summed E-state index contributed by atoms with van der Waals surface area (Å²) in [7, 11) is -0.666. The molecule has 0 amide bonds. The molecule has 1 aliphatic heterocycles. The molecule has 0 aliphatic carbocycles. The first kappa shape index (κ1) is 10.6. The van der Waals surface area contributed by atoms with Gasteiger partial charge in [0.1, 0.15) is 0 Å². The van der Waals surface area contributed by atoms with E-state index < -0.39 is 10.8 Å². The molecule has 0 radical (unpaired) electrons. The molecule has 0 N–H and O–H groups in total. The minimum atomic E-state index is -0.666. The van der Waals surface area contributed by atoms with Crippen LogP contribution in [-0.4, -0.2) is 33.8 Å². The third kappa shape index (κ3) is 2.56. The molecular weight excluding hydrogens is 208 g/mol. The molecule has 1 aromatic heterocycles. The molecule has 3 nitrogen and oxygen atoms in total. The van der Waals surface area contributed by atoms with Crippen LogP contribution in [0.15, 0.2) is 24.5 Å². The summed E-state index contributed by atoms with van der Waals surface area (Å²) < 4.78 is 11.3. The lowest BCUT2D eigenvalue weighted by molar-refractivity contribution is 0.572. The molecule has 1 aliphatic rings. The minimum Gasteiger partial charge on any atom is -0.370 e. The fourth-order valence-corrected chi connectivity index (χ4v) is 2.86.